The Morgan fingerprint density at radius 2 is 2.06 bits per heavy atom. The summed E-state index contributed by atoms with van der Waals surface area (Å²) in [4.78, 5) is 0. The monoisotopic (exact) mass is 226 g/mol. The zero-order valence-electron chi connectivity index (χ0n) is 10.6. The molecule has 2 N–H and O–H groups in total. The molecule has 0 aromatic carbocycles. The second-order valence-corrected chi connectivity index (χ2v) is 5.66. The van der Waals surface area contributed by atoms with E-state index in [1.807, 2.05) is 0 Å². The van der Waals surface area contributed by atoms with E-state index in [0.29, 0.717) is 11.5 Å². The SMILES string of the molecule is CC1(CNCCOC2CCNCC2)CCC1. The van der Waals surface area contributed by atoms with Crippen LogP contribution in [0.3, 0.4) is 0 Å². The van der Waals surface area contributed by atoms with Gasteiger partial charge in [-0.3, -0.25) is 0 Å². The lowest BCUT2D eigenvalue weighted by molar-refractivity contribution is 0.0327. The Labute approximate surface area is 99.3 Å². The Morgan fingerprint density at radius 1 is 1.31 bits per heavy atom. The van der Waals surface area contributed by atoms with Crippen molar-refractivity contribution in [1.29, 1.82) is 0 Å². The van der Waals surface area contributed by atoms with Crippen LogP contribution in [0.4, 0.5) is 0 Å². The third kappa shape index (κ3) is 3.72. The van der Waals surface area contributed by atoms with Gasteiger partial charge in [0.15, 0.2) is 0 Å². The first kappa shape index (κ1) is 12.3. The number of piperidine rings is 1. The molecule has 1 heterocycles. The lowest BCUT2D eigenvalue weighted by Gasteiger charge is -2.38. The second kappa shape index (κ2) is 5.99. The van der Waals surface area contributed by atoms with E-state index in [1.165, 1.54) is 38.6 Å². The summed E-state index contributed by atoms with van der Waals surface area (Å²) >= 11 is 0. The third-order valence-corrected chi connectivity index (χ3v) is 4.03. The van der Waals surface area contributed by atoms with Gasteiger partial charge in [-0.05, 0) is 44.2 Å². The van der Waals surface area contributed by atoms with Gasteiger partial charge in [-0.25, -0.2) is 0 Å². The third-order valence-electron chi connectivity index (χ3n) is 4.03. The minimum absolute atomic E-state index is 0.502. The molecule has 2 rings (SSSR count). The van der Waals surface area contributed by atoms with E-state index in [4.69, 9.17) is 4.74 Å². The van der Waals surface area contributed by atoms with Crippen molar-refractivity contribution >= 4 is 0 Å². The first-order valence-corrected chi connectivity index (χ1v) is 6.82. The molecule has 0 spiro atoms. The summed E-state index contributed by atoms with van der Waals surface area (Å²) in [6, 6.07) is 0. The molecular formula is C13H26N2O. The Balaban J connectivity index is 1.45. The molecule has 1 aliphatic carbocycles. The molecule has 0 aromatic heterocycles. The summed E-state index contributed by atoms with van der Waals surface area (Å²) in [5.41, 5.74) is 0.592. The van der Waals surface area contributed by atoms with Crippen LogP contribution in [0.5, 0.6) is 0 Å². The summed E-state index contributed by atoms with van der Waals surface area (Å²) in [6.07, 6.45) is 7.08. The Bertz CT molecular complexity index is 198. The molecule has 2 fully saturated rings. The fourth-order valence-electron chi connectivity index (χ4n) is 2.61. The van der Waals surface area contributed by atoms with Gasteiger partial charge in [-0.15, -0.1) is 0 Å². The highest BCUT2D eigenvalue weighted by Gasteiger charge is 2.30. The zero-order chi connectivity index (χ0) is 11.3. The highest BCUT2D eigenvalue weighted by molar-refractivity contribution is 4.85. The molecule has 2 aliphatic rings. The predicted octanol–water partition coefficient (Wildman–Crippen LogP) is 1.53. The molecule has 0 aromatic rings. The molecular weight excluding hydrogens is 200 g/mol. The van der Waals surface area contributed by atoms with E-state index in [1.54, 1.807) is 0 Å². The van der Waals surface area contributed by atoms with Crippen LogP contribution in [0.1, 0.15) is 39.0 Å². The summed E-state index contributed by atoms with van der Waals surface area (Å²) in [5.74, 6) is 0. The number of nitrogens with one attached hydrogen (secondary N) is 2. The first-order chi connectivity index (χ1) is 7.79. The fourth-order valence-corrected chi connectivity index (χ4v) is 2.61. The van der Waals surface area contributed by atoms with Crippen LogP contribution >= 0.6 is 0 Å². The summed E-state index contributed by atoms with van der Waals surface area (Å²) in [7, 11) is 0. The second-order valence-electron chi connectivity index (χ2n) is 5.66. The van der Waals surface area contributed by atoms with Crippen LogP contribution in [-0.4, -0.2) is 38.9 Å². The van der Waals surface area contributed by atoms with E-state index in [2.05, 4.69) is 17.6 Å². The lowest BCUT2D eigenvalue weighted by atomic mass is 9.70. The van der Waals surface area contributed by atoms with E-state index in [-0.39, 0.29) is 0 Å². The summed E-state index contributed by atoms with van der Waals surface area (Å²) < 4.78 is 5.85. The maximum absolute atomic E-state index is 5.85. The lowest BCUT2D eigenvalue weighted by Crippen LogP contribution is -2.39. The normalized spacial score (nSPS) is 25.3. The first-order valence-electron chi connectivity index (χ1n) is 6.82. The van der Waals surface area contributed by atoms with E-state index in [0.717, 1.165) is 26.2 Å². The zero-order valence-corrected chi connectivity index (χ0v) is 10.6. The molecule has 0 radical (unpaired) electrons. The highest BCUT2D eigenvalue weighted by Crippen LogP contribution is 2.39. The standard InChI is InChI=1S/C13H26N2O/c1-13(5-2-6-13)11-15-9-10-16-12-3-7-14-8-4-12/h12,14-15H,2-11H2,1H3. The van der Waals surface area contributed by atoms with Gasteiger partial charge in [-0.1, -0.05) is 13.3 Å². The summed E-state index contributed by atoms with van der Waals surface area (Å²) in [6.45, 7) is 7.69. The maximum Gasteiger partial charge on any atom is 0.0600 e. The van der Waals surface area contributed by atoms with Crippen molar-refractivity contribution in [2.75, 3.05) is 32.8 Å². The van der Waals surface area contributed by atoms with Crippen LogP contribution in [0.25, 0.3) is 0 Å². The van der Waals surface area contributed by atoms with E-state index in [9.17, 15) is 0 Å². The number of hydrogen-bond acceptors (Lipinski definition) is 3. The van der Waals surface area contributed by atoms with Crippen molar-refractivity contribution in [2.24, 2.45) is 5.41 Å². The van der Waals surface area contributed by atoms with Crippen molar-refractivity contribution in [2.45, 2.75) is 45.1 Å². The number of rotatable bonds is 6. The molecule has 1 saturated carbocycles. The molecule has 3 nitrogen and oxygen atoms in total. The average molecular weight is 226 g/mol. The van der Waals surface area contributed by atoms with E-state index < -0.39 is 0 Å². The van der Waals surface area contributed by atoms with Crippen LogP contribution in [0.2, 0.25) is 0 Å². The Kier molecular flexibility index (Phi) is 4.62. The molecule has 3 heteroatoms. The molecule has 0 unspecified atom stereocenters. The predicted molar refractivity (Wildman–Crippen MR) is 66.7 cm³/mol. The van der Waals surface area contributed by atoms with Crippen molar-refractivity contribution in [1.82, 2.24) is 10.6 Å². The fraction of sp³-hybridized carbons (Fsp3) is 1.00. The molecule has 0 amide bonds. The van der Waals surface area contributed by atoms with Gasteiger partial charge < -0.3 is 15.4 Å². The van der Waals surface area contributed by atoms with Gasteiger partial charge in [0.05, 0.1) is 12.7 Å². The Hall–Kier alpha value is -0.120. The van der Waals surface area contributed by atoms with Crippen molar-refractivity contribution in [3.05, 3.63) is 0 Å². The van der Waals surface area contributed by atoms with Crippen molar-refractivity contribution in [3.63, 3.8) is 0 Å². The van der Waals surface area contributed by atoms with Gasteiger partial charge >= 0.3 is 0 Å². The van der Waals surface area contributed by atoms with Crippen LogP contribution in [-0.2, 0) is 4.74 Å². The number of ether oxygens (including phenoxy) is 1. The molecule has 1 saturated heterocycles. The minimum atomic E-state index is 0.502. The van der Waals surface area contributed by atoms with Crippen LogP contribution < -0.4 is 10.6 Å². The topological polar surface area (TPSA) is 33.3 Å². The minimum Gasteiger partial charge on any atom is -0.377 e. The van der Waals surface area contributed by atoms with Gasteiger partial charge in [-0.2, -0.15) is 0 Å². The Morgan fingerprint density at radius 3 is 2.69 bits per heavy atom. The molecule has 0 atom stereocenters. The van der Waals surface area contributed by atoms with Gasteiger partial charge in [0.25, 0.3) is 0 Å². The molecule has 94 valence electrons. The smallest absolute Gasteiger partial charge is 0.0600 e. The average Bonchev–Trinajstić information content (AvgIpc) is 2.28. The van der Waals surface area contributed by atoms with Crippen molar-refractivity contribution < 1.29 is 4.74 Å². The summed E-state index contributed by atoms with van der Waals surface area (Å²) in [5, 5.41) is 6.88. The maximum atomic E-state index is 5.85. The van der Waals surface area contributed by atoms with Crippen LogP contribution in [0, 0.1) is 5.41 Å². The van der Waals surface area contributed by atoms with Crippen LogP contribution in [0.15, 0.2) is 0 Å². The van der Waals surface area contributed by atoms with E-state index >= 15 is 0 Å². The molecule has 1 aliphatic heterocycles. The number of hydrogen-bond donors (Lipinski definition) is 2. The molecule has 16 heavy (non-hydrogen) atoms. The molecule has 0 bridgehead atoms. The van der Waals surface area contributed by atoms with Gasteiger partial charge in [0.1, 0.15) is 0 Å². The highest BCUT2D eigenvalue weighted by atomic mass is 16.5. The van der Waals surface area contributed by atoms with Crippen molar-refractivity contribution in [3.8, 4) is 0 Å². The van der Waals surface area contributed by atoms with Gasteiger partial charge in [0.2, 0.25) is 0 Å². The quantitative estimate of drug-likeness (QED) is 0.674. The largest absolute Gasteiger partial charge is 0.377 e. The van der Waals surface area contributed by atoms with Gasteiger partial charge in [0, 0.05) is 13.1 Å².